The Bertz CT molecular complexity index is 1460. The Hall–Kier alpha value is -2.35. The van der Waals surface area contributed by atoms with Gasteiger partial charge in [-0.1, -0.05) is 31.9 Å². The van der Waals surface area contributed by atoms with E-state index in [1.54, 1.807) is 25.1 Å². The summed E-state index contributed by atoms with van der Waals surface area (Å²) in [6, 6.07) is 9.69. The summed E-state index contributed by atoms with van der Waals surface area (Å²) in [4.78, 5) is 24.3. The molecular weight excluding hydrogens is 762 g/mol. The van der Waals surface area contributed by atoms with Crippen molar-refractivity contribution in [3.63, 3.8) is 0 Å². The largest absolute Gasteiger partial charge is 1.00 e. The smallest absolute Gasteiger partial charge is 0.545 e. The fourth-order valence-corrected chi connectivity index (χ4v) is 4.60. The number of rotatable bonds is 6. The van der Waals surface area contributed by atoms with Crippen LogP contribution in [-0.2, 0) is 31.6 Å². The third kappa shape index (κ3) is 16.0. The summed E-state index contributed by atoms with van der Waals surface area (Å²) in [5.41, 5.74) is -1.96. The monoisotopic (exact) mass is 786 g/mol. The van der Waals surface area contributed by atoms with Crippen LogP contribution in [0.2, 0.25) is 0 Å². The van der Waals surface area contributed by atoms with E-state index in [0.717, 1.165) is 24.3 Å². The van der Waals surface area contributed by atoms with Crippen molar-refractivity contribution in [2.75, 3.05) is 28.2 Å². The standard InChI is InChI=1S/C11H12F3NO2.C10H11BrF3N.C8H4BrF3O.Li/c1-15(2)6-7-3-8(10(16)17)5-9(4-7)11(12,13)14;1-15(2)6-7-3-8(10(12,13)14)5-9(11)4-7;9-7-2-5(4-13)1-6(3-7)8(10,11)12;/h3-5H,6H2,1-2H3,(H,16,17);3-5H,6H2,1-2H3;1-4H;/q;;;+1/p-1. The average Bonchev–Trinajstić information content (AvgIpc) is 2.86. The molecule has 0 aliphatic heterocycles. The van der Waals surface area contributed by atoms with Crippen molar-refractivity contribution >= 4 is 44.1 Å². The number of aromatic carboxylic acids is 1. The molecule has 0 spiro atoms. The Morgan fingerprint density at radius 2 is 1.02 bits per heavy atom. The van der Waals surface area contributed by atoms with Gasteiger partial charge in [0.15, 0.2) is 0 Å². The van der Waals surface area contributed by atoms with Gasteiger partial charge in [-0.05, 0) is 99.5 Å². The minimum Gasteiger partial charge on any atom is -0.545 e. The van der Waals surface area contributed by atoms with Gasteiger partial charge in [-0.3, -0.25) is 4.79 Å². The molecule has 46 heavy (non-hydrogen) atoms. The van der Waals surface area contributed by atoms with Gasteiger partial charge in [0.2, 0.25) is 0 Å². The number of carbonyl (C=O) groups is 2. The summed E-state index contributed by atoms with van der Waals surface area (Å²) in [7, 11) is 6.99. The van der Waals surface area contributed by atoms with E-state index < -0.39 is 46.8 Å². The first-order valence-electron chi connectivity index (χ1n) is 12.3. The molecule has 0 atom stereocenters. The first-order chi connectivity index (χ1) is 20.4. The molecule has 3 aromatic carbocycles. The fourth-order valence-electron chi connectivity index (χ4n) is 3.54. The third-order valence-corrected chi connectivity index (χ3v) is 6.14. The fraction of sp³-hybridized carbons (Fsp3) is 0.310. The van der Waals surface area contributed by atoms with Gasteiger partial charge >= 0.3 is 37.4 Å². The van der Waals surface area contributed by atoms with Gasteiger partial charge in [-0.2, -0.15) is 39.5 Å². The molecule has 3 aromatic rings. The molecule has 0 unspecified atom stereocenters. The molecule has 0 bridgehead atoms. The molecule has 248 valence electrons. The van der Waals surface area contributed by atoms with Crippen LogP contribution in [0, 0.1) is 0 Å². The number of benzene rings is 3. The van der Waals surface area contributed by atoms with Crippen molar-refractivity contribution in [1.82, 2.24) is 9.80 Å². The SMILES string of the molecule is CN(C)Cc1cc(Br)cc(C(F)(F)F)c1.CN(C)Cc1cc(C(=O)[O-])cc(C(F)(F)F)c1.O=Cc1cc(Br)cc(C(F)(F)F)c1.[Li+]. The van der Waals surface area contributed by atoms with Crippen molar-refractivity contribution in [3.8, 4) is 0 Å². The van der Waals surface area contributed by atoms with Gasteiger partial charge in [0.1, 0.15) is 6.29 Å². The van der Waals surface area contributed by atoms with E-state index in [9.17, 15) is 54.2 Å². The van der Waals surface area contributed by atoms with Crippen LogP contribution in [0.4, 0.5) is 39.5 Å². The van der Waals surface area contributed by atoms with E-state index in [-0.39, 0.29) is 41.0 Å². The minimum absolute atomic E-state index is 0. The Labute approximate surface area is 288 Å². The summed E-state index contributed by atoms with van der Waals surface area (Å²) in [5.74, 6) is -1.61. The Morgan fingerprint density at radius 1 is 0.652 bits per heavy atom. The van der Waals surface area contributed by atoms with Crippen LogP contribution >= 0.6 is 31.9 Å². The number of nitrogens with zero attached hydrogens (tertiary/aromatic N) is 2. The van der Waals surface area contributed by atoms with E-state index in [0.29, 0.717) is 28.9 Å². The normalized spacial score (nSPS) is 11.6. The number of halogens is 11. The maximum atomic E-state index is 12.5. The zero-order valence-corrected chi connectivity index (χ0v) is 28.1. The van der Waals surface area contributed by atoms with Crippen LogP contribution in [0.25, 0.3) is 0 Å². The quantitative estimate of drug-likeness (QED) is 0.201. The van der Waals surface area contributed by atoms with E-state index >= 15 is 0 Å². The van der Waals surface area contributed by atoms with Crippen LogP contribution in [0.15, 0.2) is 63.5 Å². The Morgan fingerprint density at radius 3 is 1.39 bits per heavy atom. The second kappa shape index (κ2) is 18.3. The number of carboxylic acids is 1. The van der Waals surface area contributed by atoms with E-state index in [1.807, 2.05) is 19.0 Å². The first-order valence-corrected chi connectivity index (χ1v) is 13.9. The number of alkyl halides is 9. The molecule has 0 heterocycles. The van der Waals surface area contributed by atoms with Crippen molar-refractivity contribution in [2.45, 2.75) is 31.6 Å². The summed E-state index contributed by atoms with van der Waals surface area (Å²) >= 11 is 5.96. The molecule has 3 rings (SSSR count). The zero-order chi connectivity index (χ0) is 34.9. The van der Waals surface area contributed by atoms with Crippen LogP contribution in [-0.4, -0.2) is 50.2 Å². The van der Waals surface area contributed by atoms with Gasteiger partial charge in [0.05, 0.1) is 22.7 Å². The molecule has 0 amide bonds. The summed E-state index contributed by atoms with van der Waals surface area (Å²) < 4.78 is 112. The van der Waals surface area contributed by atoms with E-state index in [1.165, 1.54) is 18.2 Å². The van der Waals surface area contributed by atoms with E-state index in [2.05, 4.69) is 31.9 Å². The molecule has 0 saturated heterocycles. The van der Waals surface area contributed by atoms with Crippen LogP contribution in [0.5, 0.6) is 0 Å². The molecule has 0 aromatic heterocycles. The van der Waals surface area contributed by atoms with Crippen molar-refractivity contribution in [1.29, 1.82) is 0 Å². The summed E-state index contributed by atoms with van der Waals surface area (Å²) in [6.07, 6.45) is -12.9. The van der Waals surface area contributed by atoms with E-state index in [4.69, 9.17) is 0 Å². The van der Waals surface area contributed by atoms with Gasteiger partial charge in [0, 0.05) is 27.6 Å². The van der Waals surface area contributed by atoms with Crippen molar-refractivity contribution < 1.29 is 73.1 Å². The second-order valence-electron chi connectivity index (χ2n) is 9.91. The Balaban J connectivity index is 0.000000659. The molecule has 5 nitrogen and oxygen atoms in total. The molecule has 0 N–H and O–H groups in total. The topological polar surface area (TPSA) is 63.7 Å². The number of carboxylic acid groups (broad SMARTS) is 1. The maximum Gasteiger partial charge on any atom is 1.00 e. The molecule has 0 aliphatic carbocycles. The molecule has 0 fully saturated rings. The van der Waals surface area contributed by atoms with Crippen LogP contribution < -0.4 is 24.0 Å². The number of hydrogen-bond donors (Lipinski definition) is 0. The van der Waals surface area contributed by atoms with Crippen LogP contribution in [0.1, 0.15) is 48.5 Å². The third-order valence-electron chi connectivity index (χ3n) is 5.22. The van der Waals surface area contributed by atoms with Gasteiger partial charge in [0.25, 0.3) is 0 Å². The van der Waals surface area contributed by atoms with Gasteiger partial charge in [-0.25, -0.2) is 0 Å². The van der Waals surface area contributed by atoms with Gasteiger partial charge in [-0.15, -0.1) is 0 Å². The zero-order valence-electron chi connectivity index (χ0n) is 25.0. The predicted molar refractivity (Wildman–Crippen MR) is 154 cm³/mol. The maximum absolute atomic E-state index is 12.5. The second-order valence-corrected chi connectivity index (χ2v) is 11.7. The predicted octanol–water partition coefficient (Wildman–Crippen LogP) is 4.94. The average molecular weight is 788 g/mol. The molecule has 0 saturated carbocycles. The number of hydrogen-bond acceptors (Lipinski definition) is 5. The molecule has 17 heteroatoms. The molecule has 0 radical (unpaired) electrons. The Kier molecular flexibility index (Phi) is 17.3. The van der Waals surface area contributed by atoms with Gasteiger partial charge < -0.3 is 19.7 Å². The van der Waals surface area contributed by atoms with Crippen molar-refractivity contribution in [3.05, 3.63) is 102 Å². The molecule has 0 aliphatic rings. The summed E-state index contributed by atoms with van der Waals surface area (Å²) in [5, 5.41) is 10.6. The minimum atomic E-state index is -4.56. The van der Waals surface area contributed by atoms with Crippen molar-refractivity contribution in [2.24, 2.45) is 0 Å². The number of carbonyl (C=O) groups excluding carboxylic acids is 2. The number of aldehydes is 1. The first kappa shape index (κ1) is 43.6. The summed E-state index contributed by atoms with van der Waals surface area (Å²) in [6.45, 7) is 0.715. The van der Waals surface area contributed by atoms with Crippen LogP contribution in [0.3, 0.4) is 0 Å². The molecular formula is C29H26Br2F9LiN2O3.